The fraction of sp³-hybridized carbons (Fsp3) is 0.391. The normalized spacial score (nSPS) is 15.2. The summed E-state index contributed by atoms with van der Waals surface area (Å²) in [6.45, 7) is 10.5. The molecule has 1 amide bonds. The van der Waals surface area contributed by atoms with Gasteiger partial charge in [0, 0.05) is 28.9 Å². The Morgan fingerprint density at radius 1 is 1.32 bits per heavy atom. The number of hydrogen-bond acceptors (Lipinski definition) is 3. The number of primary amides is 1. The molecule has 1 heterocycles. The lowest BCUT2D eigenvalue weighted by molar-refractivity contribution is 0.0910. The monoisotopic (exact) mass is 380 g/mol. The van der Waals surface area contributed by atoms with E-state index in [0.717, 1.165) is 41.9 Å². The van der Waals surface area contributed by atoms with Crippen LogP contribution in [0.3, 0.4) is 0 Å². The number of unbranched alkanes of at least 4 members (excludes halogenated alkanes) is 1. The van der Waals surface area contributed by atoms with Crippen molar-refractivity contribution in [3.05, 3.63) is 59.4 Å². The lowest BCUT2D eigenvalue weighted by Crippen LogP contribution is -2.28. The summed E-state index contributed by atoms with van der Waals surface area (Å²) in [6, 6.07) is 7.20. The van der Waals surface area contributed by atoms with Crippen LogP contribution in [0.25, 0.3) is 5.69 Å². The second kappa shape index (κ2) is 7.66. The van der Waals surface area contributed by atoms with Crippen molar-refractivity contribution in [3.8, 4) is 11.4 Å². The van der Waals surface area contributed by atoms with Crippen LogP contribution < -0.4 is 10.5 Å². The molecule has 0 radical (unpaired) electrons. The first-order chi connectivity index (χ1) is 13.2. The Morgan fingerprint density at radius 3 is 2.75 bits per heavy atom. The van der Waals surface area contributed by atoms with Crippen LogP contribution in [0.1, 0.15) is 65.2 Å². The van der Waals surface area contributed by atoms with E-state index < -0.39 is 5.91 Å². The molecule has 28 heavy (non-hydrogen) atoms. The molecule has 0 fully saturated rings. The molecule has 1 aliphatic rings. The number of nitrogens with two attached hydrogens (primary N) is 1. The van der Waals surface area contributed by atoms with Gasteiger partial charge in [0.2, 0.25) is 5.91 Å². The van der Waals surface area contributed by atoms with Gasteiger partial charge in [0.15, 0.2) is 5.78 Å². The van der Waals surface area contributed by atoms with Crippen molar-refractivity contribution in [2.75, 3.05) is 6.61 Å². The van der Waals surface area contributed by atoms with Crippen LogP contribution in [-0.2, 0) is 6.42 Å². The molecule has 148 valence electrons. The van der Waals surface area contributed by atoms with Gasteiger partial charge in [0.1, 0.15) is 5.75 Å². The first-order valence-corrected chi connectivity index (χ1v) is 9.66. The van der Waals surface area contributed by atoms with Gasteiger partial charge < -0.3 is 15.0 Å². The third-order valence-corrected chi connectivity index (χ3v) is 5.17. The van der Waals surface area contributed by atoms with Gasteiger partial charge in [0.25, 0.3) is 0 Å². The first-order valence-electron chi connectivity index (χ1n) is 9.66. The first kappa shape index (κ1) is 19.9. The minimum atomic E-state index is -0.495. The summed E-state index contributed by atoms with van der Waals surface area (Å²) in [7, 11) is 0. The maximum Gasteiger partial charge on any atom is 0.248 e. The van der Waals surface area contributed by atoms with E-state index in [1.54, 1.807) is 12.1 Å². The fourth-order valence-corrected chi connectivity index (χ4v) is 3.86. The summed E-state index contributed by atoms with van der Waals surface area (Å²) in [6.07, 6.45) is 4.89. The number of ether oxygens (including phenoxy) is 1. The molecule has 1 aromatic carbocycles. The van der Waals surface area contributed by atoms with Crippen LogP contribution in [0.5, 0.6) is 5.75 Å². The maximum absolute atomic E-state index is 12.7. The number of aromatic nitrogens is 1. The number of carbonyl (C=O) groups excluding carboxylic acids is 2. The molecule has 0 atom stereocenters. The number of Topliss-reactive ketones (excluding diaryl/α,β-unsaturated/α-hetero) is 1. The van der Waals surface area contributed by atoms with Crippen LogP contribution in [0.4, 0.5) is 0 Å². The van der Waals surface area contributed by atoms with Gasteiger partial charge in [-0.15, -0.1) is 6.58 Å². The van der Waals surface area contributed by atoms with Crippen LogP contribution in [0.15, 0.2) is 36.9 Å². The minimum absolute atomic E-state index is 0.0925. The van der Waals surface area contributed by atoms with Crippen molar-refractivity contribution < 1.29 is 14.3 Å². The third-order valence-electron chi connectivity index (χ3n) is 5.17. The molecular weight excluding hydrogens is 352 g/mol. The SMILES string of the molecule is C=CCCCOc1cc(C(N)=O)ccc1-n1c(C)cc2c1CC(C)(C)CC2=O. The van der Waals surface area contributed by atoms with E-state index in [1.165, 1.54) is 0 Å². The van der Waals surface area contributed by atoms with Gasteiger partial charge in [-0.2, -0.15) is 0 Å². The van der Waals surface area contributed by atoms with Crippen molar-refractivity contribution in [1.82, 2.24) is 4.57 Å². The summed E-state index contributed by atoms with van der Waals surface area (Å²) in [5.74, 6) is 0.276. The van der Waals surface area contributed by atoms with Crippen LogP contribution >= 0.6 is 0 Å². The second-order valence-corrected chi connectivity index (χ2v) is 8.25. The largest absolute Gasteiger partial charge is 0.491 e. The lowest BCUT2D eigenvalue weighted by Gasteiger charge is -2.30. The number of ketones is 1. The summed E-state index contributed by atoms with van der Waals surface area (Å²) in [5.41, 5.74) is 9.36. The molecule has 5 heteroatoms. The Morgan fingerprint density at radius 2 is 2.07 bits per heavy atom. The Hall–Kier alpha value is -2.82. The van der Waals surface area contributed by atoms with Gasteiger partial charge in [0.05, 0.1) is 12.3 Å². The summed E-state index contributed by atoms with van der Waals surface area (Å²) in [4.78, 5) is 24.3. The van der Waals surface area contributed by atoms with Crippen molar-refractivity contribution in [2.45, 2.75) is 46.5 Å². The average Bonchev–Trinajstić information content (AvgIpc) is 2.93. The Bertz CT molecular complexity index is 938. The molecule has 0 spiro atoms. The quantitative estimate of drug-likeness (QED) is 0.572. The highest BCUT2D eigenvalue weighted by atomic mass is 16.5. The summed E-state index contributed by atoms with van der Waals surface area (Å²) in [5, 5.41) is 0. The predicted molar refractivity (Wildman–Crippen MR) is 110 cm³/mol. The molecule has 0 aliphatic heterocycles. The number of allylic oxidation sites excluding steroid dienone is 1. The van der Waals surface area contributed by atoms with Gasteiger partial charge >= 0.3 is 0 Å². The Labute approximate surface area is 166 Å². The molecule has 0 bridgehead atoms. The van der Waals surface area contributed by atoms with E-state index in [4.69, 9.17) is 10.5 Å². The van der Waals surface area contributed by atoms with Gasteiger partial charge in [-0.05, 0) is 55.9 Å². The van der Waals surface area contributed by atoms with E-state index in [9.17, 15) is 9.59 Å². The van der Waals surface area contributed by atoms with E-state index in [1.807, 2.05) is 25.1 Å². The molecule has 1 aromatic heterocycles. The van der Waals surface area contributed by atoms with Gasteiger partial charge in [-0.3, -0.25) is 9.59 Å². The van der Waals surface area contributed by atoms with Gasteiger partial charge in [-0.25, -0.2) is 0 Å². The van der Waals surface area contributed by atoms with Gasteiger partial charge in [-0.1, -0.05) is 19.9 Å². The predicted octanol–water partition coefficient (Wildman–Crippen LogP) is 4.38. The molecule has 3 rings (SSSR count). The van der Waals surface area contributed by atoms with Crippen LogP contribution in [0.2, 0.25) is 0 Å². The third kappa shape index (κ3) is 3.88. The second-order valence-electron chi connectivity index (χ2n) is 8.25. The smallest absolute Gasteiger partial charge is 0.248 e. The molecule has 0 saturated carbocycles. The number of aryl methyl sites for hydroxylation is 1. The highest BCUT2D eigenvalue weighted by Gasteiger charge is 2.34. The van der Waals surface area contributed by atoms with E-state index in [2.05, 4.69) is 25.0 Å². The number of benzene rings is 1. The highest BCUT2D eigenvalue weighted by molar-refractivity contribution is 5.99. The highest BCUT2D eigenvalue weighted by Crippen LogP contribution is 2.39. The number of amides is 1. The molecule has 0 unspecified atom stereocenters. The standard InChI is InChI=1S/C23H28N2O3/c1-5-6-7-10-28-21-12-16(22(24)27)8-9-18(21)25-15(2)11-17-19(25)13-23(3,4)14-20(17)26/h5,8-9,11-12H,1,6-7,10,13-14H2,2-4H3,(H2,24,27). The summed E-state index contributed by atoms with van der Waals surface area (Å²) < 4.78 is 8.10. The molecule has 0 saturated heterocycles. The molecule has 5 nitrogen and oxygen atoms in total. The van der Waals surface area contributed by atoms with Crippen molar-refractivity contribution in [3.63, 3.8) is 0 Å². The van der Waals surface area contributed by atoms with Crippen molar-refractivity contribution in [1.29, 1.82) is 0 Å². The Balaban J connectivity index is 2.09. The molecular formula is C23H28N2O3. The zero-order chi connectivity index (χ0) is 20.5. The lowest BCUT2D eigenvalue weighted by atomic mass is 9.76. The molecule has 2 N–H and O–H groups in total. The number of rotatable bonds is 7. The minimum Gasteiger partial charge on any atom is -0.491 e. The molecule has 1 aliphatic carbocycles. The average molecular weight is 380 g/mol. The number of fused-ring (bicyclic) bond motifs is 1. The van der Waals surface area contributed by atoms with Crippen molar-refractivity contribution >= 4 is 11.7 Å². The van der Waals surface area contributed by atoms with Crippen LogP contribution in [0, 0.1) is 12.3 Å². The van der Waals surface area contributed by atoms with E-state index in [0.29, 0.717) is 24.3 Å². The number of carbonyl (C=O) groups is 2. The zero-order valence-corrected chi connectivity index (χ0v) is 16.9. The molecule has 2 aromatic rings. The summed E-state index contributed by atoms with van der Waals surface area (Å²) >= 11 is 0. The van der Waals surface area contributed by atoms with Crippen molar-refractivity contribution in [2.24, 2.45) is 11.1 Å². The fourth-order valence-electron chi connectivity index (χ4n) is 3.86. The maximum atomic E-state index is 12.7. The van der Waals surface area contributed by atoms with E-state index in [-0.39, 0.29) is 11.2 Å². The van der Waals surface area contributed by atoms with E-state index >= 15 is 0 Å². The zero-order valence-electron chi connectivity index (χ0n) is 16.9. The topological polar surface area (TPSA) is 74.3 Å². The Kier molecular flexibility index (Phi) is 5.45. The van der Waals surface area contributed by atoms with Crippen LogP contribution in [-0.4, -0.2) is 22.9 Å². The number of nitrogens with zero attached hydrogens (tertiary/aromatic N) is 1. The number of hydrogen-bond donors (Lipinski definition) is 1.